The molecule has 3 nitrogen and oxygen atoms in total. The van der Waals surface area contributed by atoms with Crippen LogP contribution >= 0.6 is 0 Å². The molecule has 0 aliphatic heterocycles. The lowest BCUT2D eigenvalue weighted by Gasteiger charge is -2.10. The van der Waals surface area contributed by atoms with Crippen molar-refractivity contribution in [3.05, 3.63) is 35.4 Å². The Bertz CT molecular complexity index is 284. The first-order valence-corrected chi connectivity index (χ1v) is 5.68. The molecular weight excluding hydrogens is 202 g/mol. The van der Waals surface area contributed by atoms with E-state index in [9.17, 15) is 5.11 Å². The molecule has 0 aliphatic carbocycles. The largest absolute Gasteiger partial charge is 0.387 e. The lowest BCUT2D eigenvalue weighted by Crippen LogP contribution is -2.16. The number of likely N-dealkylation sites (N-methyl/N-ethyl adjacent to an activating group) is 1. The first-order valence-electron chi connectivity index (χ1n) is 5.68. The van der Waals surface area contributed by atoms with Crippen LogP contribution in [-0.2, 0) is 11.2 Å². The average Bonchev–Trinajstić information content (AvgIpc) is 2.30. The second kappa shape index (κ2) is 7.39. The number of aliphatic hydroxyl groups is 1. The van der Waals surface area contributed by atoms with Crippen LogP contribution in [-0.4, -0.2) is 32.4 Å². The first-order chi connectivity index (χ1) is 7.77. The fraction of sp³-hybridized carbons (Fsp3) is 0.538. The van der Waals surface area contributed by atoms with Crippen LogP contribution in [0.2, 0.25) is 0 Å². The minimum Gasteiger partial charge on any atom is -0.387 e. The van der Waals surface area contributed by atoms with Crippen LogP contribution in [0.15, 0.2) is 24.3 Å². The second-order valence-electron chi connectivity index (χ2n) is 3.91. The van der Waals surface area contributed by atoms with E-state index in [2.05, 4.69) is 17.4 Å². The molecule has 0 spiro atoms. The van der Waals surface area contributed by atoms with E-state index in [4.69, 9.17) is 4.74 Å². The van der Waals surface area contributed by atoms with E-state index in [1.165, 1.54) is 5.56 Å². The molecule has 3 heteroatoms. The number of methoxy groups -OCH3 is 1. The first kappa shape index (κ1) is 13.2. The maximum atomic E-state index is 9.74. The highest BCUT2D eigenvalue weighted by Gasteiger charge is 2.05. The van der Waals surface area contributed by atoms with Gasteiger partial charge in [0.25, 0.3) is 0 Å². The summed E-state index contributed by atoms with van der Waals surface area (Å²) in [5, 5.41) is 12.7. The summed E-state index contributed by atoms with van der Waals surface area (Å²) in [5.74, 6) is 0. The minimum atomic E-state index is -0.418. The third-order valence-corrected chi connectivity index (χ3v) is 2.58. The highest BCUT2D eigenvalue weighted by atomic mass is 16.5. The number of aliphatic hydroxyl groups excluding tert-OH is 1. The number of nitrogens with one attached hydrogen (secondary N) is 1. The summed E-state index contributed by atoms with van der Waals surface area (Å²) >= 11 is 0. The van der Waals surface area contributed by atoms with Gasteiger partial charge >= 0.3 is 0 Å². The van der Waals surface area contributed by atoms with Crippen LogP contribution in [0.3, 0.4) is 0 Å². The molecule has 1 aromatic rings. The summed E-state index contributed by atoms with van der Waals surface area (Å²) in [6, 6.07) is 8.13. The molecule has 1 rings (SSSR count). The molecule has 0 heterocycles. The van der Waals surface area contributed by atoms with Crippen molar-refractivity contribution in [2.45, 2.75) is 18.9 Å². The Morgan fingerprint density at radius 3 is 2.56 bits per heavy atom. The zero-order valence-corrected chi connectivity index (χ0v) is 10.1. The van der Waals surface area contributed by atoms with E-state index in [0.29, 0.717) is 6.54 Å². The number of ether oxygens (including phenoxy) is 1. The standard InChI is InChI=1S/C13H21NO2/c1-14-10-13(15)12-7-5-11(6-8-12)4-3-9-16-2/h5-8,13-15H,3-4,9-10H2,1-2H3. The van der Waals surface area contributed by atoms with Gasteiger partial charge in [-0.15, -0.1) is 0 Å². The van der Waals surface area contributed by atoms with Crippen molar-refractivity contribution in [1.29, 1.82) is 0 Å². The van der Waals surface area contributed by atoms with Crippen molar-refractivity contribution in [3.63, 3.8) is 0 Å². The molecule has 1 atom stereocenters. The highest BCUT2D eigenvalue weighted by Crippen LogP contribution is 2.13. The van der Waals surface area contributed by atoms with Gasteiger partial charge in [0.1, 0.15) is 0 Å². The van der Waals surface area contributed by atoms with Crippen molar-refractivity contribution in [3.8, 4) is 0 Å². The van der Waals surface area contributed by atoms with Crippen LogP contribution in [0.1, 0.15) is 23.7 Å². The summed E-state index contributed by atoms with van der Waals surface area (Å²) in [6.45, 7) is 1.38. The lowest BCUT2D eigenvalue weighted by atomic mass is 10.0. The molecule has 0 aliphatic rings. The van der Waals surface area contributed by atoms with Gasteiger partial charge in [0.05, 0.1) is 6.10 Å². The molecule has 90 valence electrons. The Kier molecular flexibility index (Phi) is 6.08. The van der Waals surface area contributed by atoms with Crippen molar-refractivity contribution in [1.82, 2.24) is 5.32 Å². The van der Waals surface area contributed by atoms with E-state index in [-0.39, 0.29) is 0 Å². The van der Waals surface area contributed by atoms with Gasteiger partial charge in [-0.25, -0.2) is 0 Å². The Labute approximate surface area is 97.4 Å². The van der Waals surface area contributed by atoms with Crippen molar-refractivity contribution >= 4 is 0 Å². The maximum Gasteiger partial charge on any atom is 0.0914 e. The summed E-state index contributed by atoms with van der Waals surface area (Å²) in [5.41, 5.74) is 2.25. The second-order valence-corrected chi connectivity index (χ2v) is 3.91. The Morgan fingerprint density at radius 1 is 1.31 bits per heavy atom. The quantitative estimate of drug-likeness (QED) is 0.689. The van der Waals surface area contributed by atoms with E-state index >= 15 is 0 Å². The molecule has 1 unspecified atom stereocenters. The molecule has 0 fully saturated rings. The fourth-order valence-electron chi connectivity index (χ4n) is 1.64. The van der Waals surface area contributed by atoms with Gasteiger partial charge in [-0.2, -0.15) is 0 Å². The Hall–Kier alpha value is -0.900. The van der Waals surface area contributed by atoms with Crippen molar-refractivity contribution in [2.75, 3.05) is 27.3 Å². The summed E-state index contributed by atoms with van der Waals surface area (Å²) in [4.78, 5) is 0. The SMILES string of the molecule is CNCC(O)c1ccc(CCCOC)cc1. The molecule has 0 amide bonds. The monoisotopic (exact) mass is 223 g/mol. The van der Waals surface area contributed by atoms with Gasteiger partial charge in [-0.05, 0) is 31.0 Å². The van der Waals surface area contributed by atoms with Crippen LogP contribution in [0.25, 0.3) is 0 Å². The van der Waals surface area contributed by atoms with Gasteiger partial charge in [0, 0.05) is 20.3 Å². The predicted octanol–water partition coefficient (Wildman–Crippen LogP) is 1.52. The van der Waals surface area contributed by atoms with E-state index < -0.39 is 6.10 Å². The number of benzene rings is 1. The molecule has 1 aromatic carbocycles. The van der Waals surface area contributed by atoms with Gasteiger partial charge in [0.15, 0.2) is 0 Å². The van der Waals surface area contributed by atoms with Gasteiger partial charge in [0.2, 0.25) is 0 Å². The van der Waals surface area contributed by atoms with E-state index in [1.807, 2.05) is 19.2 Å². The molecule has 0 radical (unpaired) electrons. The van der Waals surface area contributed by atoms with Gasteiger partial charge in [-0.3, -0.25) is 0 Å². The molecule has 0 saturated heterocycles. The summed E-state index contributed by atoms with van der Waals surface area (Å²) in [7, 11) is 3.56. The lowest BCUT2D eigenvalue weighted by molar-refractivity contribution is 0.177. The van der Waals surface area contributed by atoms with Crippen molar-refractivity contribution < 1.29 is 9.84 Å². The molecule has 0 bridgehead atoms. The average molecular weight is 223 g/mol. The molecule has 0 saturated carbocycles. The molecule has 0 aromatic heterocycles. The highest BCUT2D eigenvalue weighted by molar-refractivity contribution is 5.24. The van der Waals surface area contributed by atoms with Crippen molar-refractivity contribution in [2.24, 2.45) is 0 Å². The van der Waals surface area contributed by atoms with Gasteiger partial charge < -0.3 is 15.2 Å². The van der Waals surface area contributed by atoms with E-state index in [1.54, 1.807) is 7.11 Å². The Morgan fingerprint density at radius 2 is 2.00 bits per heavy atom. The predicted molar refractivity (Wildman–Crippen MR) is 65.5 cm³/mol. The minimum absolute atomic E-state index is 0.418. The third kappa shape index (κ3) is 4.31. The van der Waals surface area contributed by atoms with Gasteiger partial charge in [-0.1, -0.05) is 24.3 Å². The number of rotatable bonds is 7. The van der Waals surface area contributed by atoms with Crippen LogP contribution in [0, 0.1) is 0 Å². The topological polar surface area (TPSA) is 41.5 Å². The maximum absolute atomic E-state index is 9.74. The molecule has 16 heavy (non-hydrogen) atoms. The molecular formula is C13H21NO2. The van der Waals surface area contributed by atoms with Crippen LogP contribution < -0.4 is 5.32 Å². The van der Waals surface area contributed by atoms with Crippen LogP contribution in [0.5, 0.6) is 0 Å². The molecule has 2 N–H and O–H groups in total. The Balaban J connectivity index is 2.47. The smallest absolute Gasteiger partial charge is 0.0914 e. The van der Waals surface area contributed by atoms with E-state index in [0.717, 1.165) is 25.0 Å². The van der Waals surface area contributed by atoms with Crippen LogP contribution in [0.4, 0.5) is 0 Å². The number of hydrogen-bond donors (Lipinski definition) is 2. The number of hydrogen-bond acceptors (Lipinski definition) is 3. The zero-order valence-electron chi connectivity index (χ0n) is 10.1. The normalized spacial score (nSPS) is 12.7. The third-order valence-electron chi connectivity index (χ3n) is 2.58. The number of aryl methyl sites for hydroxylation is 1. The summed E-state index contributed by atoms with van der Waals surface area (Å²) in [6.07, 6.45) is 1.64. The fourth-order valence-corrected chi connectivity index (χ4v) is 1.64. The zero-order chi connectivity index (χ0) is 11.8. The summed E-state index contributed by atoms with van der Waals surface area (Å²) < 4.78 is 5.01.